The Bertz CT molecular complexity index is 636. The zero-order chi connectivity index (χ0) is 15.2. The summed E-state index contributed by atoms with van der Waals surface area (Å²) in [5.41, 5.74) is 0.789. The van der Waals surface area contributed by atoms with E-state index in [1.54, 1.807) is 48.5 Å². The highest BCUT2D eigenvalue weighted by Crippen LogP contribution is 2.22. The number of hydrogen-bond donors (Lipinski definition) is 2. The van der Waals surface area contributed by atoms with Gasteiger partial charge in [0.25, 0.3) is 0 Å². The van der Waals surface area contributed by atoms with Crippen LogP contribution in [0.1, 0.15) is 17.2 Å². The molecule has 5 nitrogen and oxygen atoms in total. The Kier molecular flexibility index (Phi) is 4.68. The third kappa shape index (κ3) is 3.90. The fourth-order valence-corrected chi connectivity index (χ4v) is 1.85. The molecule has 5 heteroatoms. The molecular formula is C16H14O5. The van der Waals surface area contributed by atoms with Crippen molar-refractivity contribution in [3.63, 3.8) is 0 Å². The third-order valence-corrected chi connectivity index (χ3v) is 2.86. The van der Waals surface area contributed by atoms with Crippen LogP contribution in [0.25, 0.3) is 0 Å². The first-order chi connectivity index (χ1) is 10.1. The van der Waals surface area contributed by atoms with E-state index in [2.05, 4.69) is 0 Å². The van der Waals surface area contributed by atoms with Gasteiger partial charge in [-0.15, -0.1) is 0 Å². The number of esters is 1. The van der Waals surface area contributed by atoms with E-state index in [1.807, 2.05) is 0 Å². The Morgan fingerprint density at radius 2 is 1.62 bits per heavy atom. The van der Waals surface area contributed by atoms with Crippen molar-refractivity contribution in [3.8, 4) is 5.75 Å². The summed E-state index contributed by atoms with van der Waals surface area (Å²) in [6, 6.07) is 14.7. The first kappa shape index (κ1) is 14.7. The van der Waals surface area contributed by atoms with E-state index in [-0.39, 0.29) is 12.2 Å². The minimum absolute atomic E-state index is 0.139. The molecule has 21 heavy (non-hydrogen) atoms. The van der Waals surface area contributed by atoms with E-state index in [9.17, 15) is 14.7 Å². The number of hydrogen-bond acceptors (Lipinski definition) is 4. The molecule has 2 rings (SSSR count). The number of rotatable bonds is 5. The monoisotopic (exact) mass is 286 g/mol. The van der Waals surface area contributed by atoms with E-state index in [4.69, 9.17) is 9.84 Å². The van der Waals surface area contributed by atoms with Gasteiger partial charge in [-0.05, 0) is 11.6 Å². The van der Waals surface area contributed by atoms with Gasteiger partial charge in [-0.3, -0.25) is 4.79 Å². The molecule has 0 fully saturated rings. The van der Waals surface area contributed by atoms with Crippen molar-refractivity contribution in [2.24, 2.45) is 0 Å². The van der Waals surface area contributed by atoms with Crippen molar-refractivity contribution >= 4 is 11.9 Å². The average Bonchev–Trinajstić information content (AvgIpc) is 2.49. The number of carboxylic acids is 1. The molecule has 0 radical (unpaired) electrons. The molecule has 0 amide bonds. The van der Waals surface area contributed by atoms with E-state index in [0.29, 0.717) is 11.1 Å². The van der Waals surface area contributed by atoms with Gasteiger partial charge in [0.2, 0.25) is 0 Å². The second-order valence-corrected chi connectivity index (χ2v) is 4.41. The van der Waals surface area contributed by atoms with Gasteiger partial charge in [-0.1, -0.05) is 48.5 Å². The van der Waals surface area contributed by atoms with Gasteiger partial charge >= 0.3 is 11.9 Å². The van der Waals surface area contributed by atoms with E-state index in [1.165, 1.54) is 6.07 Å². The van der Waals surface area contributed by atoms with E-state index in [0.717, 1.165) is 0 Å². The highest BCUT2D eigenvalue weighted by atomic mass is 16.5. The molecule has 2 N–H and O–H groups in total. The minimum Gasteiger partial charge on any atom is -0.481 e. The Balaban J connectivity index is 2.14. The lowest BCUT2D eigenvalue weighted by molar-refractivity contribution is -0.144. The summed E-state index contributed by atoms with van der Waals surface area (Å²) >= 11 is 0. The normalized spacial score (nSPS) is 11.7. The highest BCUT2D eigenvalue weighted by molar-refractivity contribution is 5.79. The first-order valence-corrected chi connectivity index (χ1v) is 6.32. The molecule has 0 aliphatic rings. The summed E-state index contributed by atoms with van der Waals surface area (Å²) in [7, 11) is 0. The molecule has 0 heterocycles. The van der Waals surface area contributed by atoms with Gasteiger partial charge in [0.05, 0.1) is 6.42 Å². The van der Waals surface area contributed by atoms with Gasteiger partial charge in [0.15, 0.2) is 6.10 Å². The molecule has 0 saturated heterocycles. The van der Waals surface area contributed by atoms with Crippen LogP contribution in [0.15, 0.2) is 54.6 Å². The van der Waals surface area contributed by atoms with Crippen LogP contribution < -0.4 is 4.74 Å². The second-order valence-electron chi connectivity index (χ2n) is 4.41. The molecule has 0 bridgehead atoms. The smallest absolute Gasteiger partial charge is 0.345 e. The predicted molar refractivity (Wildman–Crippen MR) is 74.8 cm³/mol. The molecule has 0 spiro atoms. The predicted octanol–water partition coefficient (Wildman–Crippen LogP) is 1.95. The average molecular weight is 286 g/mol. The number of para-hydroxylation sites is 1. The molecule has 0 aliphatic carbocycles. The number of ether oxygens (including phenoxy) is 1. The molecule has 1 unspecified atom stereocenters. The summed E-state index contributed by atoms with van der Waals surface area (Å²) in [4.78, 5) is 22.7. The highest BCUT2D eigenvalue weighted by Gasteiger charge is 2.20. The molecular weight excluding hydrogens is 272 g/mol. The fraction of sp³-hybridized carbons (Fsp3) is 0.125. The molecule has 2 aromatic rings. The van der Waals surface area contributed by atoms with Crippen molar-refractivity contribution in [2.45, 2.75) is 12.5 Å². The Labute approximate surface area is 121 Å². The van der Waals surface area contributed by atoms with Gasteiger partial charge in [0, 0.05) is 5.56 Å². The number of benzene rings is 2. The van der Waals surface area contributed by atoms with E-state index < -0.39 is 18.0 Å². The van der Waals surface area contributed by atoms with Crippen LogP contribution in [0.5, 0.6) is 5.75 Å². The van der Waals surface area contributed by atoms with Crippen LogP contribution in [0.2, 0.25) is 0 Å². The maximum absolute atomic E-state index is 11.9. The van der Waals surface area contributed by atoms with Gasteiger partial charge < -0.3 is 14.9 Å². The SMILES string of the molecule is O=C(O)Cc1ccccc1OC(=O)C(O)c1ccccc1. The lowest BCUT2D eigenvalue weighted by Gasteiger charge is -2.12. The largest absolute Gasteiger partial charge is 0.481 e. The summed E-state index contributed by atoms with van der Waals surface area (Å²) in [5, 5.41) is 18.8. The maximum atomic E-state index is 11.9. The van der Waals surface area contributed by atoms with Crippen molar-refractivity contribution < 1.29 is 24.5 Å². The zero-order valence-corrected chi connectivity index (χ0v) is 11.1. The number of aliphatic hydroxyl groups excluding tert-OH is 1. The summed E-state index contributed by atoms with van der Waals surface area (Å²) in [6.45, 7) is 0. The molecule has 1 atom stereocenters. The lowest BCUT2D eigenvalue weighted by atomic mass is 10.1. The Morgan fingerprint density at radius 1 is 1.00 bits per heavy atom. The topological polar surface area (TPSA) is 83.8 Å². The standard InChI is InChI=1S/C16H14O5/c17-14(18)10-12-8-4-5-9-13(12)21-16(20)15(19)11-6-2-1-3-7-11/h1-9,15,19H,10H2,(H,17,18). The van der Waals surface area contributed by atoms with E-state index >= 15 is 0 Å². The molecule has 0 saturated carbocycles. The van der Waals surface area contributed by atoms with Crippen LogP contribution in [0.3, 0.4) is 0 Å². The molecule has 108 valence electrons. The molecule has 2 aromatic carbocycles. The number of carboxylic acid groups (broad SMARTS) is 1. The van der Waals surface area contributed by atoms with Gasteiger partial charge in [0.1, 0.15) is 5.75 Å². The fourth-order valence-electron chi connectivity index (χ4n) is 1.85. The zero-order valence-electron chi connectivity index (χ0n) is 11.1. The van der Waals surface area contributed by atoms with Gasteiger partial charge in [-0.25, -0.2) is 4.79 Å². The van der Waals surface area contributed by atoms with Crippen molar-refractivity contribution in [1.82, 2.24) is 0 Å². The van der Waals surface area contributed by atoms with Crippen molar-refractivity contribution in [1.29, 1.82) is 0 Å². The summed E-state index contributed by atoms with van der Waals surface area (Å²) in [5.74, 6) is -1.74. The second kappa shape index (κ2) is 6.67. The third-order valence-electron chi connectivity index (χ3n) is 2.86. The number of aliphatic carboxylic acids is 1. The van der Waals surface area contributed by atoms with Crippen molar-refractivity contribution in [3.05, 3.63) is 65.7 Å². The quantitative estimate of drug-likeness (QED) is 0.648. The molecule has 0 aromatic heterocycles. The first-order valence-electron chi connectivity index (χ1n) is 6.32. The van der Waals surface area contributed by atoms with Crippen LogP contribution >= 0.6 is 0 Å². The summed E-state index contributed by atoms with van der Waals surface area (Å²) < 4.78 is 5.11. The molecule has 0 aliphatic heterocycles. The Hall–Kier alpha value is -2.66. The minimum atomic E-state index is -1.41. The number of aliphatic hydroxyl groups is 1. The number of carbonyl (C=O) groups is 2. The van der Waals surface area contributed by atoms with Crippen LogP contribution in [-0.4, -0.2) is 22.2 Å². The Morgan fingerprint density at radius 3 is 2.29 bits per heavy atom. The van der Waals surface area contributed by atoms with Crippen molar-refractivity contribution in [2.75, 3.05) is 0 Å². The van der Waals surface area contributed by atoms with Crippen LogP contribution in [-0.2, 0) is 16.0 Å². The van der Waals surface area contributed by atoms with Crippen LogP contribution in [0, 0.1) is 0 Å². The summed E-state index contributed by atoms with van der Waals surface area (Å²) in [6.07, 6.45) is -1.67. The maximum Gasteiger partial charge on any atom is 0.345 e. The van der Waals surface area contributed by atoms with Crippen LogP contribution in [0.4, 0.5) is 0 Å². The number of carbonyl (C=O) groups excluding carboxylic acids is 1. The van der Waals surface area contributed by atoms with Gasteiger partial charge in [-0.2, -0.15) is 0 Å². The lowest BCUT2D eigenvalue weighted by Crippen LogP contribution is -2.19.